The Labute approximate surface area is 297 Å². The zero-order chi connectivity index (χ0) is 34.5. The van der Waals surface area contributed by atoms with E-state index in [9.17, 15) is 9.59 Å². The third kappa shape index (κ3) is 7.29. The minimum absolute atomic E-state index is 0.166. The van der Waals surface area contributed by atoms with Crippen LogP contribution in [0, 0.1) is 0 Å². The first-order valence-corrected chi connectivity index (χ1v) is 17.1. The van der Waals surface area contributed by atoms with E-state index in [1.165, 1.54) is 11.3 Å². The van der Waals surface area contributed by atoms with Crippen molar-refractivity contribution in [2.45, 2.75) is 26.5 Å². The lowest BCUT2D eigenvalue weighted by atomic mass is 9.93. The van der Waals surface area contributed by atoms with Crippen molar-refractivity contribution in [1.82, 2.24) is 4.57 Å². The lowest BCUT2D eigenvalue weighted by Crippen LogP contribution is -2.40. The number of rotatable bonds is 11. The molecule has 49 heavy (non-hydrogen) atoms. The van der Waals surface area contributed by atoms with Gasteiger partial charge in [0.1, 0.15) is 12.4 Å². The summed E-state index contributed by atoms with van der Waals surface area (Å²) in [6.45, 7) is 4.59. The van der Waals surface area contributed by atoms with Crippen molar-refractivity contribution in [3.05, 3.63) is 149 Å². The second-order valence-electron chi connectivity index (χ2n) is 10.9. The largest absolute Gasteiger partial charge is 0.494 e. The predicted molar refractivity (Wildman–Crippen MR) is 192 cm³/mol. The number of aromatic nitrogens is 1. The minimum Gasteiger partial charge on any atom is -0.494 e. The monoisotopic (exact) mass is 714 g/mol. The number of benzene rings is 4. The van der Waals surface area contributed by atoms with Crippen LogP contribution in [-0.4, -0.2) is 30.9 Å². The highest BCUT2D eigenvalue weighted by atomic mass is 35.5. The summed E-state index contributed by atoms with van der Waals surface area (Å²) in [5, 5.41) is 0.915. The fourth-order valence-electron chi connectivity index (χ4n) is 5.50. The minimum atomic E-state index is -0.796. The zero-order valence-electron chi connectivity index (χ0n) is 26.9. The van der Waals surface area contributed by atoms with E-state index in [2.05, 4.69) is 0 Å². The summed E-state index contributed by atoms with van der Waals surface area (Å²) in [6, 6.07) is 26.8. The maximum Gasteiger partial charge on any atom is 0.338 e. The third-order valence-electron chi connectivity index (χ3n) is 7.74. The van der Waals surface area contributed by atoms with Crippen LogP contribution >= 0.6 is 34.5 Å². The molecule has 0 saturated carbocycles. The van der Waals surface area contributed by atoms with Gasteiger partial charge in [-0.2, -0.15) is 0 Å². The quantitative estimate of drug-likeness (QED) is 0.134. The molecule has 4 aromatic carbocycles. The number of methoxy groups -OCH3 is 1. The smallest absolute Gasteiger partial charge is 0.338 e. The van der Waals surface area contributed by atoms with Crippen LogP contribution in [0.5, 0.6) is 17.2 Å². The predicted octanol–water partition coefficient (Wildman–Crippen LogP) is 7.23. The molecular formula is C38H32Cl2N2O6S. The molecule has 0 amide bonds. The highest BCUT2D eigenvalue weighted by molar-refractivity contribution is 7.07. The number of nitrogens with zero attached hydrogens (tertiary/aromatic N) is 2. The highest BCUT2D eigenvalue weighted by Gasteiger charge is 2.35. The van der Waals surface area contributed by atoms with Crippen molar-refractivity contribution >= 4 is 52.3 Å². The van der Waals surface area contributed by atoms with Crippen LogP contribution in [0.15, 0.2) is 106 Å². The molecule has 1 aliphatic rings. The Balaban J connectivity index is 1.45. The zero-order valence-corrected chi connectivity index (χ0v) is 29.3. The van der Waals surface area contributed by atoms with Gasteiger partial charge >= 0.3 is 5.97 Å². The lowest BCUT2D eigenvalue weighted by Gasteiger charge is -2.26. The normalized spacial score (nSPS) is 14.2. The fourth-order valence-corrected chi connectivity index (χ4v) is 6.83. The molecule has 1 atom stereocenters. The molecule has 0 spiro atoms. The number of thiazole rings is 1. The molecule has 0 bridgehead atoms. The number of fused-ring (bicyclic) bond motifs is 1. The standard InChI is InChI=1S/C38H32Cl2N2O6S/c1-4-46-27-15-13-26(14-16-27)35-33(37(44)47-5-2)34(25-9-7-6-8-10-25)41-38-42(35)36(43)32(49-38)21-23-12-18-30(31(20-23)45-3)48-22-24-11-17-28(39)29(40)19-24/h6-21,35H,4-5,22H2,1-3H3/b32-21-/t35-/m1/s1. The second kappa shape index (κ2) is 15.2. The first kappa shape index (κ1) is 34.0. The lowest BCUT2D eigenvalue weighted by molar-refractivity contribution is -0.138. The third-order valence-corrected chi connectivity index (χ3v) is 9.47. The number of carbonyl (C=O) groups excluding carboxylic acids is 1. The Bertz CT molecular complexity index is 2210. The summed E-state index contributed by atoms with van der Waals surface area (Å²) in [7, 11) is 1.55. The Morgan fingerprint density at radius 3 is 2.37 bits per heavy atom. The Kier molecular flexibility index (Phi) is 10.5. The summed E-state index contributed by atoms with van der Waals surface area (Å²) in [5.41, 5.74) is 3.45. The van der Waals surface area contributed by atoms with E-state index in [1.807, 2.05) is 73.7 Å². The molecule has 0 fully saturated rings. The van der Waals surface area contributed by atoms with Gasteiger partial charge in [0, 0.05) is 5.56 Å². The SMILES string of the molecule is CCOC(=O)C1=C(c2ccccc2)N=c2s/c(=C\c3ccc(OCc4ccc(Cl)c(Cl)c4)c(OC)c3)c(=O)n2[C@@H]1c1ccc(OCC)cc1. The van der Waals surface area contributed by atoms with E-state index in [1.54, 1.807) is 48.9 Å². The molecule has 0 radical (unpaired) electrons. The molecule has 250 valence electrons. The maximum absolute atomic E-state index is 14.3. The van der Waals surface area contributed by atoms with E-state index in [-0.39, 0.29) is 24.3 Å². The summed E-state index contributed by atoms with van der Waals surface area (Å²) < 4.78 is 24.9. The van der Waals surface area contributed by atoms with Gasteiger partial charge in [-0.25, -0.2) is 9.79 Å². The molecule has 0 aliphatic carbocycles. The first-order chi connectivity index (χ1) is 23.8. The number of esters is 1. The molecule has 2 heterocycles. The molecule has 0 N–H and O–H groups in total. The van der Waals surface area contributed by atoms with Crippen LogP contribution in [0.25, 0.3) is 11.8 Å². The van der Waals surface area contributed by atoms with E-state index in [0.29, 0.717) is 54.5 Å². The van der Waals surface area contributed by atoms with Crippen molar-refractivity contribution < 1.29 is 23.7 Å². The van der Waals surface area contributed by atoms with Gasteiger partial charge in [0.15, 0.2) is 16.3 Å². The highest BCUT2D eigenvalue weighted by Crippen LogP contribution is 2.36. The molecular weight excluding hydrogens is 683 g/mol. The van der Waals surface area contributed by atoms with Crippen LogP contribution in [-0.2, 0) is 16.1 Å². The summed E-state index contributed by atoms with van der Waals surface area (Å²) in [4.78, 5) is 33.4. The van der Waals surface area contributed by atoms with Gasteiger partial charge in [-0.05, 0) is 73.0 Å². The van der Waals surface area contributed by atoms with Crippen molar-refractivity contribution in [2.24, 2.45) is 4.99 Å². The van der Waals surface area contributed by atoms with Gasteiger partial charge in [-0.3, -0.25) is 9.36 Å². The van der Waals surface area contributed by atoms with Crippen molar-refractivity contribution in [2.75, 3.05) is 20.3 Å². The number of ether oxygens (including phenoxy) is 4. The second-order valence-corrected chi connectivity index (χ2v) is 12.7. The number of hydrogen-bond acceptors (Lipinski definition) is 8. The molecule has 8 nitrogen and oxygen atoms in total. The molecule has 1 aromatic heterocycles. The van der Waals surface area contributed by atoms with E-state index in [4.69, 9.17) is 47.1 Å². The van der Waals surface area contributed by atoms with Crippen LogP contribution in [0.1, 0.15) is 42.1 Å². The van der Waals surface area contributed by atoms with Crippen LogP contribution in [0.4, 0.5) is 0 Å². The van der Waals surface area contributed by atoms with Gasteiger partial charge in [-0.15, -0.1) is 0 Å². The topological polar surface area (TPSA) is 88.4 Å². The molecule has 0 unspecified atom stereocenters. The molecule has 0 saturated heterocycles. The van der Waals surface area contributed by atoms with Crippen molar-refractivity contribution in [1.29, 1.82) is 0 Å². The van der Waals surface area contributed by atoms with Crippen LogP contribution in [0.3, 0.4) is 0 Å². The van der Waals surface area contributed by atoms with E-state index < -0.39 is 12.0 Å². The Morgan fingerprint density at radius 2 is 1.67 bits per heavy atom. The summed E-state index contributed by atoms with van der Waals surface area (Å²) in [5.74, 6) is 1.15. The molecule has 11 heteroatoms. The molecule has 1 aliphatic heterocycles. The molecule has 5 aromatic rings. The summed E-state index contributed by atoms with van der Waals surface area (Å²) in [6.07, 6.45) is 1.78. The first-order valence-electron chi connectivity index (χ1n) is 15.6. The fraction of sp³-hybridized carbons (Fsp3) is 0.184. The van der Waals surface area contributed by atoms with Gasteiger partial charge in [-0.1, -0.05) is 89.1 Å². The van der Waals surface area contributed by atoms with Gasteiger partial charge in [0.25, 0.3) is 5.56 Å². The van der Waals surface area contributed by atoms with Crippen molar-refractivity contribution in [3.8, 4) is 17.2 Å². The molecule has 6 rings (SSSR count). The number of carbonyl (C=O) groups is 1. The number of halogens is 2. The number of hydrogen-bond donors (Lipinski definition) is 0. The van der Waals surface area contributed by atoms with Crippen LogP contribution < -0.4 is 29.1 Å². The average molecular weight is 716 g/mol. The average Bonchev–Trinajstić information content (AvgIpc) is 3.43. The van der Waals surface area contributed by atoms with Crippen molar-refractivity contribution in [3.63, 3.8) is 0 Å². The summed E-state index contributed by atoms with van der Waals surface area (Å²) >= 11 is 13.4. The van der Waals surface area contributed by atoms with Gasteiger partial charge in [0.05, 0.1) is 52.2 Å². The Morgan fingerprint density at radius 1 is 0.898 bits per heavy atom. The maximum atomic E-state index is 14.3. The Hall–Kier alpha value is -4.83. The van der Waals surface area contributed by atoms with Crippen LogP contribution in [0.2, 0.25) is 10.0 Å². The van der Waals surface area contributed by atoms with Gasteiger partial charge in [0.2, 0.25) is 0 Å². The van der Waals surface area contributed by atoms with Gasteiger partial charge < -0.3 is 18.9 Å². The van der Waals surface area contributed by atoms with E-state index in [0.717, 1.165) is 16.7 Å². The van der Waals surface area contributed by atoms with E-state index >= 15 is 0 Å².